The zero-order chi connectivity index (χ0) is 25.2. The predicted octanol–water partition coefficient (Wildman–Crippen LogP) is 3.48. The second-order valence-corrected chi connectivity index (χ2v) is 9.24. The maximum Gasteiger partial charge on any atom is 0.240 e. The zero-order valence-electron chi connectivity index (χ0n) is 20.0. The lowest BCUT2D eigenvalue weighted by atomic mass is 10.1. The number of rotatable bonds is 6. The fourth-order valence-corrected chi connectivity index (χ4v) is 4.82. The molecule has 2 aliphatic rings. The van der Waals surface area contributed by atoms with Gasteiger partial charge in [0.25, 0.3) is 0 Å². The number of nitrogens with one attached hydrogen (secondary N) is 1. The molecule has 3 aromatic rings. The second kappa shape index (κ2) is 10.4. The van der Waals surface area contributed by atoms with Gasteiger partial charge in [-0.1, -0.05) is 17.7 Å². The molecule has 0 saturated carbocycles. The standard InChI is InChI=1S/C25H27ClFN5O4/c1-31-13-15(10-20(31)25(33)32-6-8-35-9-7-32)36-22-11-16-19(12-21(22)34-2)28-14-29-24(16)30-18-5-3-4-17(26)23(18)27/h3-5,11-12,14-15,20H,6-10,13H2,1-2H3,(H,28,29,30)/t15-,20?/m0/s1. The molecule has 2 aromatic carbocycles. The fraction of sp³-hybridized carbons (Fsp3) is 0.400. The Morgan fingerprint density at radius 2 is 2.03 bits per heavy atom. The zero-order valence-corrected chi connectivity index (χ0v) is 20.8. The van der Waals surface area contributed by atoms with E-state index in [1.807, 2.05) is 16.8 Å². The van der Waals surface area contributed by atoms with Crippen molar-refractivity contribution in [3.63, 3.8) is 0 Å². The van der Waals surface area contributed by atoms with Crippen molar-refractivity contribution in [2.24, 2.45) is 0 Å². The number of likely N-dealkylation sites (N-methyl/N-ethyl adjacent to an activating group) is 1. The van der Waals surface area contributed by atoms with Crippen molar-refractivity contribution >= 4 is 39.9 Å². The molecule has 9 nitrogen and oxygen atoms in total. The molecule has 190 valence electrons. The van der Waals surface area contributed by atoms with Gasteiger partial charge < -0.3 is 24.4 Å². The van der Waals surface area contributed by atoms with E-state index in [2.05, 4.69) is 15.3 Å². The molecule has 2 atom stereocenters. The van der Waals surface area contributed by atoms with E-state index in [4.69, 9.17) is 25.8 Å². The van der Waals surface area contributed by atoms with Gasteiger partial charge in [0, 0.05) is 37.5 Å². The molecular weight excluding hydrogens is 489 g/mol. The summed E-state index contributed by atoms with van der Waals surface area (Å²) >= 11 is 5.93. The van der Waals surface area contributed by atoms with Crippen LogP contribution in [-0.2, 0) is 9.53 Å². The molecular formula is C25H27ClFN5O4. The number of ether oxygens (including phenoxy) is 3. The minimum Gasteiger partial charge on any atom is -0.493 e. The summed E-state index contributed by atoms with van der Waals surface area (Å²) in [6, 6.07) is 7.98. The predicted molar refractivity (Wildman–Crippen MR) is 134 cm³/mol. The molecule has 1 amide bonds. The van der Waals surface area contributed by atoms with Crippen LogP contribution in [0.1, 0.15) is 6.42 Å². The first kappa shape index (κ1) is 24.5. The van der Waals surface area contributed by atoms with Crippen molar-refractivity contribution in [3.05, 3.63) is 47.5 Å². The molecule has 2 saturated heterocycles. The third-order valence-electron chi connectivity index (χ3n) is 6.54. The molecule has 1 unspecified atom stereocenters. The van der Waals surface area contributed by atoms with Crippen molar-refractivity contribution in [1.82, 2.24) is 19.8 Å². The first-order valence-corrected chi connectivity index (χ1v) is 12.1. The van der Waals surface area contributed by atoms with Crippen LogP contribution in [0.4, 0.5) is 15.9 Å². The maximum absolute atomic E-state index is 14.5. The number of anilines is 2. The topological polar surface area (TPSA) is 89.0 Å². The van der Waals surface area contributed by atoms with Gasteiger partial charge in [-0.2, -0.15) is 0 Å². The maximum atomic E-state index is 14.5. The number of methoxy groups -OCH3 is 1. The van der Waals surface area contributed by atoms with Gasteiger partial charge in [0.05, 0.1) is 42.6 Å². The number of morpholine rings is 1. The van der Waals surface area contributed by atoms with Gasteiger partial charge in [-0.15, -0.1) is 0 Å². The van der Waals surface area contributed by atoms with Gasteiger partial charge in [-0.25, -0.2) is 14.4 Å². The SMILES string of the molecule is COc1cc2ncnc(Nc3cccc(Cl)c3F)c2cc1O[C@H]1CC(C(=O)N2CCOCC2)N(C)C1. The molecule has 1 N–H and O–H groups in total. The van der Waals surface area contributed by atoms with Gasteiger partial charge in [-0.3, -0.25) is 9.69 Å². The average Bonchev–Trinajstić information content (AvgIpc) is 3.26. The summed E-state index contributed by atoms with van der Waals surface area (Å²) in [5.41, 5.74) is 0.797. The first-order chi connectivity index (χ1) is 17.4. The first-order valence-electron chi connectivity index (χ1n) is 11.7. The van der Waals surface area contributed by atoms with Crippen molar-refractivity contribution < 1.29 is 23.4 Å². The van der Waals surface area contributed by atoms with E-state index in [0.29, 0.717) is 67.5 Å². The Kier molecular flexibility index (Phi) is 7.08. The third kappa shape index (κ3) is 4.88. The lowest BCUT2D eigenvalue weighted by Crippen LogP contribution is -2.48. The van der Waals surface area contributed by atoms with Crippen LogP contribution in [0, 0.1) is 5.82 Å². The van der Waals surface area contributed by atoms with Crippen molar-refractivity contribution in [1.29, 1.82) is 0 Å². The van der Waals surface area contributed by atoms with Gasteiger partial charge >= 0.3 is 0 Å². The smallest absolute Gasteiger partial charge is 0.240 e. The van der Waals surface area contributed by atoms with Gasteiger partial charge in [0.15, 0.2) is 17.3 Å². The highest BCUT2D eigenvalue weighted by atomic mass is 35.5. The van der Waals surface area contributed by atoms with Crippen LogP contribution in [0.3, 0.4) is 0 Å². The average molecular weight is 516 g/mol. The number of hydrogen-bond donors (Lipinski definition) is 1. The Morgan fingerprint density at radius 3 is 2.81 bits per heavy atom. The molecule has 0 spiro atoms. The summed E-state index contributed by atoms with van der Waals surface area (Å²) in [5.74, 6) is 0.929. The van der Waals surface area contributed by atoms with Crippen LogP contribution in [-0.4, -0.2) is 84.8 Å². The Hall–Kier alpha value is -3.21. The number of halogens is 2. The monoisotopic (exact) mass is 515 g/mol. The normalized spacial score (nSPS) is 20.5. The third-order valence-corrected chi connectivity index (χ3v) is 6.83. The quantitative estimate of drug-likeness (QED) is 0.534. The number of likely N-dealkylation sites (tertiary alicyclic amines) is 1. The van der Waals surface area contributed by atoms with Crippen LogP contribution < -0.4 is 14.8 Å². The van der Waals surface area contributed by atoms with Crippen LogP contribution in [0.5, 0.6) is 11.5 Å². The van der Waals surface area contributed by atoms with E-state index < -0.39 is 5.82 Å². The number of amides is 1. The number of benzene rings is 2. The van der Waals surface area contributed by atoms with Crippen LogP contribution >= 0.6 is 11.6 Å². The molecule has 36 heavy (non-hydrogen) atoms. The highest BCUT2D eigenvalue weighted by molar-refractivity contribution is 6.31. The summed E-state index contributed by atoms with van der Waals surface area (Å²) in [6.45, 7) is 2.93. The molecule has 2 aliphatic heterocycles. The summed E-state index contributed by atoms with van der Waals surface area (Å²) in [7, 11) is 3.49. The highest BCUT2D eigenvalue weighted by Gasteiger charge is 2.38. The van der Waals surface area contributed by atoms with E-state index in [-0.39, 0.29) is 28.8 Å². The second-order valence-electron chi connectivity index (χ2n) is 8.84. The van der Waals surface area contributed by atoms with Crippen LogP contribution in [0.25, 0.3) is 10.9 Å². The van der Waals surface area contributed by atoms with E-state index in [1.54, 1.807) is 31.4 Å². The van der Waals surface area contributed by atoms with E-state index in [1.165, 1.54) is 12.4 Å². The number of nitrogens with zero attached hydrogens (tertiary/aromatic N) is 4. The summed E-state index contributed by atoms with van der Waals surface area (Å²) in [5, 5.41) is 3.64. The van der Waals surface area contributed by atoms with Gasteiger partial charge in [0.1, 0.15) is 18.2 Å². The molecule has 0 bridgehead atoms. The number of hydrogen-bond acceptors (Lipinski definition) is 8. The summed E-state index contributed by atoms with van der Waals surface area (Å²) in [4.78, 5) is 25.6. The van der Waals surface area contributed by atoms with Crippen molar-refractivity contribution in [2.75, 3.05) is 52.3 Å². The Labute approximate surface area is 213 Å². The van der Waals surface area contributed by atoms with Gasteiger partial charge in [-0.05, 0) is 25.2 Å². The largest absolute Gasteiger partial charge is 0.493 e. The minimum absolute atomic E-state index is 0.00980. The molecule has 11 heteroatoms. The molecule has 2 fully saturated rings. The minimum atomic E-state index is -0.569. The lowest BCUT2D eigenvalue weighted by molar-refractivity contribution is -0.139. The van der Waals surface area contributed by atoms with Crippen molar-refractivity contribution in [3.8, 4) is 11.5 Å². The van der Waals surface area contributed by atoms with E-state index in [0.717, 1.165) is 0 Å². The Balaban J connectivity index is 1.39. The number of carbonyl (C=O) groups is 1. The highest BCUT2D eigenvalue weighted by Crippen LogP contribution is 2.37. The molecule has 5 rings (SSSR count). The lowest BCUT2D eigenvalue weighted by Gasteiger charge is -2.31. The summed E-state index contributed by atoms with van der Waals surface area (Å²) < 4.78 is 31.8. The Morgan fingerprint density at radius 1 is 1.22 bits per heavy atom. The van der Waals surface area contributed by atoms with Gasteiger partial charge in [0.2, 0.25) is 5.91 Å². The number of aromatic nitrogens is 2. The van der Waals surface area contributed by atoms with Crippen LogP contribution in [0.2, 0.25) is 5.02 Å². The molecule has 0 radical (unpaired) electrons. The number of fused-ring (bicyclic) bond motifs is 1. The van der Waals surface area contributed by atoms with Crippen molar-refractivity contribution in [2.45, 2.75) is 18.6 Å². The van der Waals surface area contributed by atoms with E-state index in [9.17, 15) is 9.18 Å². The van der Waals surface area contributed by atoms with E-state index >= 15 is 0 Å². The Bertz CT molecular complexity index is 1270. The summed E-state index contributed by atoms with van der Waals surface area (Å²) in [6.07, 6.45) is 1.72. The number of carbonyl (C=O) groups excluding carboxylic acids is 1. The molecule has 3 heterocycles. The van der Waals surface area contributed by atoms with Crippen LogP contribution in [0.15, 0.2) is 36.7 Å². The fourth-order valence-electron chi connectivity index (χ4n) is 4.64. The molecule has 1 aromatic heterocycles. The molecule has 0 aliphatic carbocycles.